The maximum absolute atomic E-state index is 11.2. The van der Waals surface area contributed by atoms with E-state index in [1.165, 1.54) is 36.0 Å². The summed E-state index contributed by atoms with van der Waals surface area (Å²) >= 11 is 5.49. The number of carbonyl (C=O) groups excluding carboxylic acids is 1. The maximum Gasteiger partial charge on any atom is 0.170 e. The van der Waals surface area contributed by atoms with Crippen molar-refractivity contribution in [3.05, 3.63) is 58.7 Å². The summed E-state index contributed by atoms with van der Waals surface area (Å²) in [5.41, 5.74) is 5.37. The van der Waals surface area contributed by atoms with Crippen molar-refractivity contribution < 1.29 is 4.79 Å². The molecule has 0 saturated carbocycles. The van der Waals surface area contributed by atoms with Gasteiger partial charge in [-0.15, -0.1) is 11.6 Å². The van der Waals surface area contributed by atoms with Crippen LogP contribution in [0.1, 0.15) is 53.9 Å². The average Bonchev–Trinajstić information content (AvgIpc) is 2.45. The zero-order valence-corrected chi connectivity index (χ0v) is 15.8. The molecule has 0 aliphatic heterocycles. The fraction of sp³-hybridized carbons (Fsp3) is 0.476. The van der Waals surface area contributed by atoms with Gasteiger partial charge in [0, 0.05) is 0 Å². The Labute approximate surface area is 146 Å². The number of rotatable bonds is 6. The summed E-state index contributed by atoms with van der Waals surface area (Å²) in [6.07, 6.45) is 15.7. The Bertz CT molecular complexity index is 583. The standard InChI is InChI=1S/C21H29ClO/c1-16(8-6-9-17(2)14-19(23)15-22)11-12-20-18(3)10-7-13-21(20,4)5/h6,8-9,11-12,14H,7,10,13,15H2,1-5H3/b9-6+,12-11+,16-8-,17-14+. The molecule has 0 N–H and O–H groups in total. The summed E-state index contributed by atoms with van der Waals surface area (Å²) < 4.78 is 0. The van der Waals surface area contributed by atoms with Crippen molar-refractivity contribution in [1.29, 1.82) is 0 Å². The lowest BCUT2D eigenvalue weighted by molar-refractivity contribution is -0.112. The van der Waals surface area contributed by atoms with Crippen molar-refractivity contribution in [2.45, 2.75) is 53.9 Å². The van der Waals surface area contributed by atoms with Crippen LogP contribution in [0.15, 0.2) is 58.7 Å². The van der Waals surface area contributed by atoms with Gasteiger partial charge < -0.3 is 0 Å². The van der Waals surface area contributed by atoms with E-state index in [1.807, 2.05) is 19.1 Å². The summed E-state index contributed by atoms with van der Waals surface area (Å²) in [6.45, 7) is 10.9. The smallest absolute Gasteiger partial charge is 0.170 e. The molecule has 23 heavy (non-hydrogen) atoms. The summed E-state index contributed by atoms with van der Waals surface area (Å²) in [5, 5.41) is 0. The van der Waals surface area contributed by atoms with Gasteiger partial charge in [-0.1, -0.05) is 55.4 Å². The lowest BCUT2D eigenvalue weighted by atomic mass is 9.72. The van der Waals surface area contributed by atoms with Crippen LogP contribution in [0, 0.1) is 5.41 Å². The first-order valence-corrected chi connectivity index (χ1v) is 8.80. The van der Waals surface area contributed by atoms with Gasteiger partial charge in [0.2, 0.25) is 0 Å². The van der Waals surface area contributed by atoms with Gasteiger partial charge in [0.15, 0.2) is 5.78 Å². The predicted molar refractivity (Wildman–Crippen MR) is 102 cm³/mol. The van der Waals surface area contributed by atoms with E-state index in [2.05, 4.69) is 45.9 Å². The van der Waals surface area contributed by atoms with Crippen molar-refractivity contribution in [2.75, 3.05) is 5.88 Å². The number of hydrogen-bond acceptors (Lipinski definition) is 1. The Morgan fingerprint density at radius 3 is 2.52 bits per heavy atom. The molecule has 0 aromatic rings. The maximum atomic E-state index is 11.2. The first-order chi connectivity index (χ1) is 10.8. The summed E-state index contributed by atoms with van der Waals surface area (Å²) in [4.78, 5) is 11.2. The molecule has 0 aromatic carbocycles. The molecule has 0 saturated heterocycles. The molecule has 0 bridgehead atoms. The Balaban J connectivity index is 2.77. The number of halogens is 1. The van der Waals surface area contributed by atoms with Crippen molar-refractivity contribution in [3.63, 3.8) is 0 Å². The molecular formula is C21H29ClO. The van der Waals surface area contributed by atoms with Gasteiger partial charge in [0.1, 0.15) is 0 Å². The summed E-state index contributed by atoms with van der Waals surface area (Å²) in [5.74, 6) is -0.0242. The van der Waals surface area contributed by atoms with Crippen LogP contribution in [0.3, 0.4) is 0 Å². The van der Waals surface area contributed by atoms with E-state index in [0.29, 0.717) is 0 Å². The molecule has 1 rings (SSSR count). The summed E-state index contributed by atoms with van der Waals surface area (Å²) in [7, 11) is 0. The lowest BCUT2D eigenvalue weighted by Crippen LogP contribution is -2.19. The normalized spacial score (nSPS) is 19.9. The highest BCUT2D eigenvalue weighted by Crippen LogP contribution is 2.40. The Kier molecular flexibility index (Phi) is 7.78. The molecule has 1 nitrogen and oxygen atoms in total. The van der Waals surface area contributed by atoms with Crippen LogP contribution in [0.5, 0.6) is 0 Å². The molecule has 0 aromatic heterocycles. The number of allylic oxidation sites excluding steroid dienone is 10. The third kappa shape index (κ3) is 6.74. The fourth-order valence-electron chi connectivity index (χ4n) is 2.97. The molecule has 2 heteroatoms. The minimum absolute atomic E-state index is 0.0348. The van der Waals surface area contributed by atoms with E-state index in [0.717, 1.165) is 5.57 Å². The van der Waals surface area contributed by atoms with Gasteiger partial charge in [0.25, 0.3) is 0 Å². The van der Waals surface area contributed by atoms with Crippen LogP contribution in [0.4, 0.5) is 0 Å². The van der Waals surface area contributed by atoms with Crippen LogP contribution in [-0.4, -0.2) is 11.7 Å². The number of hydrogen-bond donors (Lipinski definition) is 0. The molecule has 1 aliphatic rings. The SMILES string of the molecule is CC1=C(/C=C/C(C)=C\C=C\C(C)=C\C(=O)CCl)C(C)(C)CCC1. The van der Waals surface area contributed by atoms with E-state index < -0.39 is 0 Å². The first kappa shape index (κ1) is 19.7. The molecule has 0 fully saturated rings. The van der Waals surface area contributed by atoms with Crippen LogP contribution >= 0.6 is 11.6 Å². The summed E-state index contributed by atoms with van der Waals surface area (Å²) in [6, 6.07) is 0. The number of carbonyl (C=O) groups is 1. The lowest BCUT2D eigenvalue weighted by Gasteiger charge is -2.32. The average molecular weight is 333 g/mol. The van der Waals surface area contributed by atoms with Gasteiger partial charge in [-0.2, -0.15) is 0 Å². The van der Waals surface area contributed by atoms with E-state index in [1.54, 1.807) is 6.08 Å². The van der Waals surface area contributed by atoms with Gasteiger partial charge in [0.05, 0.1) is 5.88 Å². The predicted octanol–water partition coefficient (Wildman–Crippen LogP) is 6.33. The topological polar surface area (TPSA) is 17.1 Å². The Morgan fingerprint density at radius 2 is 1.91 bits per heavy atom. The van der Waals surface area contributed by atoms with Gasteiger partial charge in [-0.3, -0.25) is 4.79 Å². The highest BCUT2D eigenvalue weighted by atomic mass is 35.5. The van der Waals surface area contributed by atoms with E-state index >= 15 is 0 Å². The second kappa shape index (κ2) is 9.08. The molecule has 0 amide bonds. The van der Waals surface area contributed by atoms with E-state index in [-0.39, 0.29) is 17.1 Å². The Hall–Kier alpha value is -1.34. The molecule has 0 heterocycles. The molecule has 0 unspecified atom stereocenters. The van der Waals surface area contributed by atoms with Crippen molar-refractivity contribution in [3.8, 4) is 0 Å². The monoisotopic (exact) mass is 332 g/mol. The van der Waals surface area contributed by atoms with Crippen LogP contribution in [-0.2, 0) is 4.79 Å². The zero-order chi connectivity index (χ0) is 17.5. The largest absolute Gasteiger partial charge is 0.293 e. The van der Waals surface area contributed by atoms with E-state index in [4.69, 9.17) is 11.6 Å². The second-order valence-corrected chi connectivity index (χ2v) is 7.29. The third-order valence-corrected chi connectivity index (χ3v) is 4.56. The highest BCUT2D eigenvalue weighted by Gasteiger charge is 2.26. The molecule has 0 atom stereocenters. The minimum Gasteiger partial charge on any atom is -0.293 e. The second-order valence-electron chi connectivity index (χ2n) is 7.02. The quantitative estimate of drug-likeness (QED) is 0.315. The fourth-order valence-corrected chi connectivity index (χ4v) is 3.05. The molecular weight excluding hydrogens is 304 g/mol. The highest BCUT2D eigenvalue weighted by molar-refractivity contribution is 6.29. The van der Waals surface area contributed by atoms with Crippen LogP contribution in [0.25, 0.3) is 0 Å². The first-order valence-electron chi connectivity index (χ1n) is 8.26. The minimum atomic E-state index is -0.0589. The number of alkyl halides is 1. The van der Waals surface area contributed by atoms with Crippen molar-refractivity contribution in [2.24, 2.45) is 5.41 Å². The molecule has 126 valence electrons. The zero-order valence-electron chi connectivity index (χ0n) is 15.1. The van der Waals surface area contributed by atoms with Gasteiger partial charge in [-0.25, -0.2) is 0 Å². The third-order valence-electron chi connectivity index (χ3n) is 4.29. The van der Waals surface area contributed by atoms with Crippen LogP contribution in [0.2, 0.25) is 0 Å². The molecule has 1 aliphatic carbocycles. The van der Waals surface area contributed by atoms with Gasteiger partial charge in [-0.05, 0) is 62.7 Å². The van der Waals surface area contributed by atoms with Crippen molar-refractivity contribution in [1.82, 2.24) is 0 Å². The molecule has 0 spiro atoms. The van der Waals surface area contributed by atoms with Crippen molar-refractivity contribution >= 4 is 17.4 Å². The van der Waals surface area contributed by atoms with E-state index in [9.17, 15) is 4.79 Å². The molecule has 0 radical (unpaired) electrons. The van der Waals surface area contributed by atoms with Gasteiger partial charge >= 0.3 is 0 Å². The van der Waals surface area contributed by atoms with Crippen LogP contribution < -0.4 is 0 Å². The number of ketones is 1. The Morgan fingerprint density at radius 1 is 1.22 bits per heavy atom.